The lowest BCUT2D eigenvalue weighted by atomic mass is 9.77. The van der Waals surface area contributed by atoms with Gasteiger partial charge in [0.25, 0.3) is 5.91 Å². The molecule has 1 N–H and O–H groups in total. The van der Waals surface area contributed by atoms with Gasteiger partial charge >= 0.3 is 0 Å². The number of nitrogens with zero attached hydrogens (tertiary/aromatic N) is 4. The van der Waals surface area contributed by atoms with E-state index in [1.54, 1.807) is 0 Å². The first-order valence-electron chi connectivity index (χ1n) is 9.82. The molecule has 2 atom stereocenters. The van der Waals surface area contributed by atoms with Crippen molar-refractivity contribution in [1.29, 1.82) is 0 Å². The summed E-state index contributed by atoms with van der Waals surface area (Å²) in [6.07, 6.45) is 4.34. The van der Waals surface area contributed by atoms with Crippen LogP contribution in [0.5, 0.6) is 0 Å². The quantitative estimate of drug-likeness (QED) is 0.860. The van der Waals surface area contributed by atoms with Gasteiger partial charge in [-0.25, -0.2) is 9.97 Å². The zero-order valence-electron chi connectivity index (χ0n) is 15.8. The van der Waals surface area contributed by atoms with Gasteiger partial charge in [-0.1, -0.05) is 0 Å². The number of rotatable bonds is 2. The van der Waals surface area contributed by atoms with Crippen LogP contribution in [0.2, 0.25) is 0 Å². The van der Waals surface area contributed by atoms with Gasteiger partial charge in [0, 0.05) is 31.4 Å². The van der Waals surface area contributed by atoms with Crippen molar-refractivity contribution in [2.45, 2.75) is 51.1 Å². The van der Waals surface area contributed by atoms with Crippen molar-refractivity contribution in [3.63, 3.8) is 0 Å². The van der Waals surface area contributed by atoms with E-state index in [0.717, 1.165) is 57.6 Å². The van der Waals surface area contributed by atoms with Gasteiger partial charge in [-0.2, -0.15) is 0 Å². The fraction of sp³-hybridized carbons (Fsp3) is 0.737. The maximum Gasteiger partial charge on any atom is 0.273 e. The number of nitrogens with one attached hydrogen (secondary N) is 1. The van der Waals surface area contributed by atoms with Gasteiger partial charge in [-0.3, -0.25) is 4.79 Å². The molecular formula is C19H29N5O2. The number of fused-ring (bicyclic) bond motifs is 1. The maximum atomic E-state index is 13.4. The topological polar surface area (TPSA) is 70.6 Å². The average Bonchev–Trinajstić information content (AvgIpc) is 2.66. The van der Waals surface area contributed by atoms with E-state index < -0.39 is 0 Å². The molecule has 3 fully saturated rings. The highest BCUT2D eigenvalue weighted by Gasteiger charge is 2.46. The number of aromatic nitrogens is 2. The Morgan fingerprint density at radius 1 is 1.27 bits per heavy atom. The summed E-state index contributed by atoms with van der Waals surface area (Å²) in [7, 11) is 0. The molecule has 3 aliphatic rings. The molecular weight excluding hydrogens is 330 g/mol. The van der Waals surface area contributed by atoms with E-state index in [0.29, 0.717) is 30.9 Å². The summed E-state index contributed by atoms with van der Waals surface area (Å²) in [4.78, 5) is 26.8. The predicted octanol–water partition coefficient (Wildman–Crippen LogP) is 1.37. The molecule has 0 unspecified atom stereocenters. The summed E-state index contributed by atoms with van der Waals surface area (Å²) < 4.78 is 5.42. The number of hydrogen-bond donors (Lipinski definition) is 1. The Hall–Kier alpha value is -1.73. The zero-order chi connectivity index (χ0) is 18.1. The highest BCUT2D eigenvalue weighted by Crippen LogP contribution is 2.35. The van der Waals surface area contributed by atoms with Gasteiger partial charge < -0.3 is 19.9 Å². The maximum absolute atomic E-state index is 13.4. The van der Waals surface area contributed by atoms with Gasteiger partial charge in [0.2, 0.25) is 5.95 Å². The number of aryl methyl sites for hydroxylation is 1. The molecule has 0 spiro atoms. The molecule has 0 radical (unpaired) electrons. The highest BCUT2D eigenvalue weighted by molar-refractivity contribution is 5.93. The van der Waals surface area contributed by atoms with Crippen molar-refractivity contribution in [3.05, 3.63) is 17.5 Å². The average molecular weight is 359 g/mol. The lowest BCUT2D eigenvalue weighted by Gasteiger charge is -2.52. The van der Waals surface area contributed by atoms with Crippen LogP contribution in [-0.2, 0) is 4.74 Å². The Kier molecular flexibility index (Phi) is 4.84. The van der Waals surface area contributed by atoms with Crippen LogP contribution in [0.15, 0.2) is 6.07 Å². The van der Waals surface area contributed by atoms with Gasteiger partial charge in [0.1, 0.15) is 5.69 Å². The summed E-state index contributed by atoms with van der Waals surface area (Å²) in [5.74, 6) is 0.693. The van der Waals surface area contributed by atoms with E-state index in [9.17, 15) is 4.79 Å². The second-order valence-corrected chi connectivity index (χ2v) is 7.86. The molecule has 4 rings (SSSR count). The third-order valence-electron chi connectivity index (χ3n) is 6.09. The van der Waals surface area contributed by atoms with E-state index in [1.165, 1.54) is 0 Å². The Balaban J connectivity index is 1.62. The zero-order valence-corrected chi connectivity index (χ0v) is 15.8. The molecule has 7 nitrogen and oxygen atoms in total. The first kappa shape index (κ1) is 17.7. The SMILES string of the molecule is Cc1cc(C(=O)N2CCC[C@H]3NCCC[C@@]32C)nc(N2CCOCC2)n1. The van der Waals surface area contributed by atoms with Crippen LogP contribution in [0.3, 0.4) is 0 Å². The number of carbonyl (C=O) groups excluding carboxylic acids is 1. The minimum atomic E-state index is -0.119. The monoisotopic (exact) mass is 359 g/mol. The lowest BCUT2D eigenvalue weighted by Crippen LogP contribution is -2.66. The third-order valence-corrected chi connectivity index (χ3v) is 6.09. The van der Waals surface area contributed by atoms with Crippen LogP contribution >= 0.6 is 0 Å². The Morgan fingerprint density at radius 3 is 2.88 bits per heavy atom. The van der Waals surface area contributed by atoms with E-state index >= 15 is 0 Å². The number of ether oxygens (including phenoxy) is 1. The van der Waals surface area contributed by atoms with Crippen LogP contribution < -0.4 is 10.2 Å². The summed E-state index contributed by atoms with van der Waals surface area (Å²) in [6, 6.07) is 2.21. The number of likely N-dealkylation sites (tertiary alicyclic amines) is 1. The molecule has 0 bridgehead atoms. The van der Waals surface area contributed by atoms with E-state index in [-0.39, 0.29) is 11.4 Å². The Labute approximate surface area is 155 Å². The molecule has 0 saturated carbocycles. The summed E-state index contributed by atoms with van der Waals surface area (Å²) in [5, 5.41) is 3.62. The number of hydrogen-bond acceptors (Lipinski definition) is 6. The van der Waals surface area contributed by atoms with Crippen LogP contribution in [0.4, 0.5) is 5.95 Å². The van der Waals surface area contributed by atoms with Crippen LogP contribution in [0.25, 0.3) is 0 Å². The molecule has 1 amide bonds. The molecule has 7 heteroatoms. The van der Waals surface area contributed by atoms with Crippen molar-refractivity contribution in [2.75, 3.05) is 44.3 Å². The lowest BCUT2D eigenvalue weighted by molar-refractivity contribution is 0.00832. The van der Waals surface area contributed by atoms with Crippen LogP contribution in [0, 0.1) is 6.92 Å². The molecule has 26 heavy (non-hydrogen) atoms. The van der Waals surface area contributed by atoms with Gasteiger partial charge in [-0.05, 0) is 52.1 Å². The van der Waals surface area contributed by atoms with Crippen LogP contribution in [0.1, 0.15) is 48.8 Å². The van der Waals surface area contributed by atoms with Gasteiger partial charge in [-0.15, -0.1) is 0 Å². The van der Waals surface area contributed by atoms with E-state index in [2.05, 4.69) is 32.0 Å². The highest BCUT2D eigenvalue weighted by atomic mass is 16.5. The number of piperidine rings is 2. The summed E-state index contributed by atoms with van der Waals surface area (Å²) in [5.41, 5.74) is 1.24. The first-order valence-corrected chi connectivity index (χ1v) is 9.82. The van der Waals surface area contributed by atoms with E-state index in [4.69, 9.17) is 4.74 Å². The minimum Gasteiger partial charge on any atom is -0.378 e. The molecule has 142 valence electrons. The Morgan fingerprint density at radius 2 is 2.08 bits per heavy atom. The molecule has 4 heterocycles. The van der Waals surface area contributed by atoms with Crippen LogP contribution in [-0.4, -0.2) is 71.7 Å². The number of amides is 1. The molecule has 1 aromatic rings. The fourth-order valence-electron chi connectivity index (χ4n) is 4.60. The van der Waals surface area contributed by atoms with Crippen molar-refractivity contribution >= 4 is 11.9 Å². The van der Waals surface area contributed by atoms with Crippen molar-refractivity contribution < 1.29 is 9.53 Å². The standard InChI is InChI=1S/C19H29N5O2/c1-14-13-15(22-18(21-14)23-9-11-26-12-10-23)17(25)24-8-3-5-16-19(24,2)6-4-7-20-16/h13,16,20H,3-12H2,1-2H3/t16-,19+/m1/s1. The Bertz CT molecular complexity index is 674. The largest absolute Gasteiger partial charge is 0.378 e. The summed E-state index contributed by atoms with van der Waals surface area (Å²) >= 11 is 0. The molecule has 0 aromatic carbocycles. The molecule has 3 saturated heterocycles. The van der Waals surface area contributed by atoms with Crippen molar-refractivity contribution in [1.82, 2.24) is 20.2 Å². The second kappa shape index (κ2) is 7.12. The van der Waals surface area contributed by atoms with Crippen molar-refractivity contribution in [3.8, 4) is 0 Å². The number of carbonyl (C=O) groups is 1. The van der Waals surface area contributed by atoms with Gasteiger partial charge in [0.15, 0.2) is 0 Å². The second-order valence-electron chi connectivity index (χ2n) is 7.86. The van der Waals surface area contributed by atoms with E-state index in [1.807, 2.05) is 13.0 Å². The number of anilines is 1. The minimum absolute atomic E-state index is 0.0425. The first-order chi connectivity index (χ1) is 12.6. The summed E-state index contributed by atoms with van der Waals surface area (Å²) in [6.45, 7) is 8.92. The van der Waals surface area contributed by atoms with Crippen molar-refractivity contribution in [2.24, 2.45) is 0 Å². The molecule has 3 aliphatic heterocycles. The molecule has 0 aliphatic carbocycles. The number of morpholine rings is 1. The van der Waals surface area contributed by atoms with Gasteiger partial charge in [0.05, 0.1) is 18.8 Å². The predicted molar refractivity (Wildman–Crippen MR) is 99.5 cm³/mol. The fourth-order valence-corrected chi connectivity index (χ4v) is 4.60. The molecule has 1 aromatic heterocycles. The third kappa shape index (κ3) is 3.18. The smallest absolute Gasteiger partial charge is 0.273 e. The normalized spacial score (nSPS) is 29.4.